The number of nitrogens with zero attached hydrogens (tertiary/aromatic N) is 5. The number of nitrogens with two attached hydrogens (primary N) is 1. The lowest BCUT2D eigenvalue weighted by molar-refractivity contribution is 0.338. The van der Waals surface area contributed by atoms with Crippen molar-refractivity contribution < 1.29 is 4.74 Å². The molecular formula is C24H22N6O2. The number of allylic oxidation sites excluding steroid dienone is 1. The van der Waals surface area contributed by atoms with Crippen molar-refractivity contribution in [2.45, 2.75) is 6.92 Å². The Kier molecular flexibility index (Phi) is 6.22. The molecule has 0 aliphatic carbocycles. The predicted octanol–water partition coefficient (Wildman–Crippen LogP) is 3.41. The van der Waals surface area contributed by atoms with Crippen LogP contribution in [0.2, 0.25) is 0 Å². The Balaban J connectivity index is 1.81. The quantitative estimate of drug-likeness (QED) is 0.457. The predicted molar refractivity (Wildman–Crippen MR) is 124 cm³/mol. The Morgan fingerprint density at radius 3 is 2.66 bits per heavy atom. The van der Waals surface area contributed by atoms with Gasteiger partial charge in [0.2, 0.25) is 5.43 Å². The second-order valence-electron chi connectivity index (χ2n) is 6.70. The van der Waals surface area contributed by atoms with E-state index < -0.39 is 0 Å². The average Bonchev–Trinajstić information content (AvgIpc) is 3.35. The van der Waals surface area contributed by atoms with Gasteiger partial charge < -0.3 is 10.5 Å². The van der Waals surface area contributed by atoms with Crippen molar-refractivity contribution in [3.8, 4) is 17.1 Å². The van der Waals surface area contributed by atoms with Gasteiger partial charge in [0.15, 0.2) is 5.69 Å². The van der Waals surface area contributed by atoms with Crippen LogP contribution < -0.4 is 15.9 Å². The number of para-hydroxylation sites is 1. The van der Waals surface area contributed by atoms with E-state index in [1.54, 1.807) is 27.8 Å². The van der Waals surface area contributed by atoms with E-state index in [-0.39, 0.29) is 11.1 Å². The molecule has 2 heterocycles. The van der Waals surface area contributed by atoms with E-state index >= 15 is 0 Å². The van der Waals surface area contributed by atoms with Crippen LogP contribution in [-0.2, 0) is 0 Å². The van der Waals surface area contributed by atoms with Crippen LogP contribution >= 0.6 is 0 Å². The van der Waals surface area contributed by atoms with Crippen molar-refractivity contribution in [1.82, 2.24) is 19.6 Å². The first-order valence-corrected chi connectivity index (χ1v) is 10.1. The Hall–Kier alpha value is -4.46. The van der Waals surface area contributed by atoms with E-state index in [0.29, 0.717) is 29.4 Å². The third-order valence-electron chi connectivity index (χ3n) is 4.57. The molecule has 0 radical (unpaired) electrons. The normalized spacial score (nSPS) is 11.7. The molecule has 4 aromatic rings. The maximum atomic E-state index is 12.7. The fraction of sp³-hybridized carbons (Fsp3) is 0.0833. The number of aliphatic imine (C=N–C) groups is 1. The molecule has 0 amide bonds. The maximum absolute atomic E-state index is 12.7. The van der Waals surface area contributed by atoms with Crippen LogP contribution in [0, 0.1) is 0 Å². The standard InChI is InChI=1S/C24H22N6O2/c1-2-32-23-17-19(29-15-6-14-26-29)9-10-21(23)30-16-12-22(31)24(28-30)20(11-13-25)27-18-7-4-3-5-8-18/h3-17H,2,25H2,1H3. The van der Waals surface area contributed by atoms with Crippen molar-refractivity contribution in [3.63, 3.8) is 0 Å². The van der Waals surface area contributed by atoms with Gasteiger partial charge in [0, 0.05) is 30.7 Å². The first-order chi connectivity index (χ1) is 15.7. The van der Waals surface area contributed by atoms with Crippen molar-refractivity contribution in [2.24, 2.45) is 10.7 Å². The lowest BCUT2D eigenvalue weighted by atomic mass is 10.2. The summed E-state index contributed by atoms with van der Waals surface area (Å²) < 4.78 is 9.20. The SMILES string of the molecule is CCOc1cc(-n2cccn2)ccc1-n1ccc(=O)c(C(C=CN)=Nc2ccccc2)n1. The van der Waals surface area contributed by atoms with Gasteiger partial charge in [-0.25, -0.2) is 14.4 Å². The lowest BCUT2D eigenvalue weighted by Crippen LogP contribution is -2.20. The van der Waals surface area contributed by atoms with Gasteiger partial charge in [-0.2, -0.15) is 10.2 Å². The van der Waals surface area contributed by atoms with E-state index in [9.17, 15) is 4.79 Å². The minimum absolute atomic E-state index is 0.177. The highest BCUT2D eigenvalue weighted by Gasteiger charge is 2.13. The molecule has 2 N–H and O–H groups in total. The highest BCUT2D eigenvalue weighted by Crippen LogP contribution is 2.25. The molecule has 0 saturated carbocycles. The van der Waals surface area contributed by atoms with Gasteiger partial charge in [0.05, 0.1) is 23.7 Å². The third kappa shape index (κ3) is 4.49. The van der Waals surface area contributed by atoms with E-state index in [4.69, 9.17) is 10.5 Å². The van der Waals surface area contributed by atoms with Gasteiger partial charge in [0.25, 0.3) is 0 Å². The van der Waals surface area contributed by atoms with Crippen LogP contribution in [0.5, 0.6) is 5.75 Å². The fourth-order valence-corrected chi connectivity index (χ4v) is 3.15. The molecule has 160 valence electrons. The summed E-state index contributed by atoms with van der Waals surface area (Å²) >= 11 is 0. The maximum Gasteiger partial charge on any atom is 0.209 e. The highest BCUT2D eigenvalue weighted by molar-refractivity contribution is 6.08. The highest BCUT2D eigenvalue weighted by atomic mass is 16.5. The summed E-state index contributed by atoms with van der Waals surface area (Å²) in [7, 11) is 0. The second-order valence-corrected chi connectivity index (χ2v) is 6.70. The van der Waals surface area contributed by atoms with Crippen LogP contribution in [-0.4, -0.2) is 31.9 Å². The molecule has 0 aliphatic rings. The van der Waals surface area contributed by atoms with Crippen LogP contribution in [0.25, 0.3) is 11.4 Å². The van der Waals surface area contributed by atoms with Gasteiger partial charge in [-0.15, -0.1) is 0 Å². The number of aromatic nitrogens is 4. The molecule has 0 aliphatic heterocycles. The van der Waals surface area contributed by atoms with Crippen molar-refractivity contribution in [2.75, 3.05) is 6.61 Å². The number of rotatable bonds is 7. The summed E-state index contributed by atoms with van der Waals surface area (Å²) in [6.07, 6.45) is 8.06. The summed E-state index contributed by atoms with van der Waals surface area (Å²) in [4.78, 5) is 17.2. The molecule has 2 aromatic heterocycles. The lowest BCUT2D eigenvalue weighted by Gasteiger charge is -2.14. The number of hydrogen-bond donors (Lipinski definition) is 1. The van der Waals surface area contributed by atoms with Crippen LogP contribution in [0.15, 0.2) is 101 Å². The van der Waals surface area contributed by atoms with Crippen molar-refractivity contribution in [3.05, 3.63) is 107 Å². The largest absolute Gasteiger partial charge is 0.492 e. The van der Waals surface area contributed by atoms with Crippen molar-refractivity contribution >= 4 is 11.4 Å². The third-order valence-corrected chi connectivity index (χ3v) is 4.57. The van der Waals surface area contributed by atoms with E-state index in [0.717, 1.165) is 5.69 Å². The molecule has 8 nitrogen and oxygen atoms in total. The molecule has 2 aromatic carbocycles. The Labute approximate surface area is 184 Å². The molecule has 0 saturated heterocycles. The molecule has 4 rings (SSSR count). The van der Waals surface area contributed by atoms with E-state index in [1.807, 2.05) is 67.7 Å². The topological polar surface area (TPSA) is 100 Å². The van der Waals surface area contributed by atoms with Gasteiger partial charge >= 0.3 is 0 Å². The second kappa shape index (κ2) is 9.57. The molecule has 32 heavy (non-hydrogen) atoms. The minimum atomic E-state index is -0.264. The first kappa shape index (κ1) is 20.8. The number of hydrogen-bond acceptors (Lipinski definition) is 6. The zero-order chi connectivity index (χ0) is 22.3. The summed E-state index contributed by atoms with van der Waals surface area (Å²) in [6.45, 7) is 2.38. The molecule has 0 spiro atoms. The van der Waals surface area contributed by atoms with Crippen LogP contribution in [0.4, 0.5) is 5.69 Å². The summed E-state index contributed by atoms with van der Waals surface area (Å²) in [5.41, 5.74) is 8.12. The number of benzene rings is 2. The Morgan fingerprint density at radius 2 is 1.94 bits per heavy atom. The van der Waals surface area contributed by atoms with E-state index in [1.165, 1.54) is 12.3 Å². The van der Waals surface area contributed by atoms with Gasteiger partial charge in [-0.3, -0.25) is 4.79 Å². The van der Waals surface area contributed by atoms with Crippen molar-refractivity contribution in [1.29, 1.82) is 0 Å². The van der Waals surface area contributed by atoms with Gasteiger partial charge in [0.1, 0.15) is 11.4 Å². The van der Waals surface area contributed by atoms with Gasteiger partial charge in [-0.05, 0) is 49.5 Å². The Morgan fingerprint density at radius 1 is 1.09 bits per heavy atom. The molecule has 8 heteroatoms. The Bertz CT molecular complexity index is 1310. The smallest absolute Gasteiger partial charge is 0.209 e. The van der Waals surface area contributed by atoms with Crippen LogP contribution in [0.3, 0.4) is 0 Å². The summed E-state index contributed by atoms with van der Waals surface area (Å²) in [5.74, 6) is 0.610. The molecule has 0 atom stereocenters. The molecule has 0 unspecified atom stereocenters. The van der Waals surface area contributed by atoms with Gasteiger partial charge in [-0.1, -0.05) is 18.2 Å². The number of ether oxygens (including phenoxy) is 1. The molecular weight excluding hydrogens is 404 g/mol. The summed E-state index contributed by atoms with van der Waals surface area (Å²) in [6, 6.07) is 18.3. The zero-order valence-electron chi connectivity index (χ0n) is 17.5. The molecule has 0 fully saturated rings. The average molecular weight is 426 g/mol. The van der Waals surface area contributed by atoms with Crippen LogP contribution in [0.1, 0.15) is 12.6 Å². The molecule has 0 bridgehead atoms. The monoisotopic (exact) mass is 426 g/mol. The first-order valence-electron chi connectivity index (χ1n) is 10.1. The summed E-state index contributed by atoms with van der Waals surface area (Å²) in [5, 5.41) is 8.82. The minimum Gasteiger partial charge on any atom is -0.492 e. The fourth-order valence-electron chi connectivity index (χ4n) is 3.15. The zero-order valence-corrected chi connectivity index (χ0v) is 17.5. The van der Waals surface area contributed by atoms with E-state index in [2.05, 4.69) is 15.2 Å².